The molecule has 116 valence electrons. The smallest absolute Gasteiger partial charge is 0.334 e. The molecule has 6 nitrogen and oxygen atoms in total. The first-order valence-electron chi connectivity index (χ1n) is 7.17. The van der Waals surface area contributed by atoms with E-state index in [9.17, 15) is 9.59 Å². The zero-order chi connectivity index (χ0) is 15.5. The molecule has 0 aliphatic rings. The van der Waals surface area contributed by atoms with Crippen molar-refractivity contribution in [1.29, 1.82) is 0 Å². The number of nitrogens with zero attached hydrogens (tertiary/aromatic N) is 2. The molecule has 0 spiro atoms. The van der Waals surface area contributed by atoms with E-state index in [1.807, 2.05) is 10.8 Å². The minimum atomic E-state index is -0.504. The van der Waals surface area contributed by atoms with E-state index >= 15 is 0 Å². The van der Waals surface area contributed by atoms with Crippen molar-refractivity contribution in [2.24, 2.45) is 0 Å². The quantitative estimate of drug-likeness (QED) is 0.396. The van der Waals surface area contributed by atoms with Gasteiger partial charge >= 0.3 is 11.9 Å². The van der Waals surface area contributed by atoms with Crippen molar-refractivity contribution in [3.63, 3.8) is 0 Å². The third-order valence-corrected chi connectivity index (χ3v) is 2.79. The molecule has 1 rings (SSSR count). The summed E-state index contributed by atoms with van der Waals surface area (Å²) in [7, 11) is 0. The Hall–Kier alpha value is -2.11. The molecular formula is C15H22N2O4. The molecule has 1 heterocycles. The number of ether oxygens (including phenoxy) is 2. The van der Waals surface area contributed by atoms with E-state index in [0.717, 1.165) is 19.4 Å². The Morgan fingerprint density at radius 1 is 1.19 bits per heavy atom. The van der Waals surface area contributed by atoms with Crippen LogP contribution in [0.1, 0.15) is 33.1 Å². The van der Waals surface area contributed by atoms with E-state index in [1.165, 1.54) is 6.08 Å². The fourth-order valence-corrected chi connectivity index (χ4v) is 1.81. The lowest BCUT2D eigenvalue weighted by molar-refractivity contribution is -0.141. The van der Waals surface area contributed by atoms with Crippen LogP contribution < -0.4 is 0 Å². The number of hydrogen-bond donors (Lipinski definition) is 0. The Bertz CT molecular complexity index is 466. The van der Waals surface area contributed by atoms with Crippen LogP contribution in [0, 0.1) is 0 Å². The van der Waals surface area contributed by atoms with Crippen LogP contribution in [0.3, 0.4) is 0 Å². The van der Waals surface area contributed by atoms with Gasteiger partial charge in [-0.05, 0) is 33.1 Å². The predicted octanol–water partition coefficient (Wildman–Crippen LogP) is 2.11. The normalized spacial score (nSPS) is 11.2. The first-order valence-corrected chi connectivity index (χ1v) is 7.17. The van der Waals surface area contributed by atoms with Crippen molar-refractivity contribution in [3.8, 4) is 0 Å². The minimum absolute atomic E-state index is 0.284. The van der Waals surface area contributed by atoms with Gasteiger partial charge in [0.15, 0.2) is 0 Å². The van der Waals surface area contributed by atoms with E-state index in [-0.39, 0.29) is 13.2 Å². The van der Waals surface area contributed by atoms with Gasteiger partial charge in [-0.3, -0.25) is 0 Å². The van der Waals surface area contributed by atoms with Gasteiger partial charge in [-0.2, -0.15) is 0 Å². The molecule has 0 aliphatic carbocycles. The predicted molar refractivity (Wildman–Crippen MR) is 77.4 cm³/mol. The lowest BCUT2D eigenvalue weighted by atomic mass is 10.1. The van der Waals surface area contributed by atoms with E-state index in [0.29, 0.717) is 12.0 Å². The molecule has 0 aromatic carbocycles. The molecule has 0 atom stereocenters. The summed E-state index contributed by atoms with van der Waals surface area (Å²) in [6.07, 6.45) is 8.76. The highest BCUT2D eigenvalue weighted by Gasteiger charge is 2.13. The second kappa shape index (κ2) is 9.74. The maximum atomic E-state index is 11.8. The number of unbranched alkanes of at least 4 members (excludes halogenated alkanes) is 1. The maximum absolute atomic E-state index is 11.8. The fraction of sp³-hybridized carbons (Fsp3) is 0.533. The standard InChI is InChI=1S/C15H22N2O4/c1-3-20-14(18)11-13(15(19)21-4-2)7-5-6-9-17-10-8-16-12-17/h8,10-12H,3-7,9H2,1-2H3. The van der Waals surface area contributed by atoms with Crippen molar-refractivity contribution in [1.82, 2.24) is 9.55 Å². The van der Waals surface area contributed by atoms with Gasteiger partial charge in [0.25, 0.3) is 0 Å². The summed E-state index contributed by atoms with van der Waals surface area (Å²) >= 11 is 0. The van der Waals surface area contributed by atoms with Crippen LogP contribution >= 0.6 is 0 Å². The van der Waals surface area contributed by atoms with Crippen molar-refractivity contribution in [3.05, 3.63) is 30.4 Å². The summed E-state index contributed by atoms with van der Waals surface area (Å²) in [6, 6.07) is 0. The molecule has 0 bridgehead atoms. The van der Waals surface area contributed by atoms with E-state index in [2.05, 4.69) is 4.98 Å². The molecule has 0 saturated carbocycles. The monoisotopic (exact) mass is 294 g/mol. The van der Waals surface area contributed by atoms with Gasteiger partial charge in [0.05, 0.1) is 19.5 Å². The van der Waals surface area contributed by atoms with Crippen LogP contribution in [-0.4, -0.2) is 34.7 Å². The zero-order valence-corrected chi connectivity index (χ0v) is 12.6. The van der Waals surface area contributed by atoms with Gasteiger partial charge in [-0.25, -0.2) is 14.6 Å². The second-order valence-electron chi connectivity index (χ2n) is 4.40. The first-order chi connectivity index (χ1) is 10.2. The number of aryl methyl sites for hydroxylation is 1. The average molecular weight is 294 g/mol. The molecule has 0 saturated heterocycles. The van der Waals surface area contributed by atoms with Crippen LogP contribution in [0.25, 0.3) is 0 Å². The number of hydrogen-bond acceptors (Lipinski definition) is 5. The molecule has 21 heavy (non-hydrogen) atoms. The van der Waals surface area contributed by atoms with Crippen molar-refractivity contribution >= 4 is 11.9 Å². The molecule has 0 unspecified atom stereocenters. The summed E-state index contributed by atoms with van der Waals surface area (Å²) in [4.78, 5) is 27.2. The number of imidazole rings is 1. The number of aromatic nitrogens is 2. The third-order valence-electron chi connectivity index (χ3n) is 2.79. The van der Waals surface area contributed by atoms with Crippen LogP contribution in [0.5, 0.6) is 0 Å². The highest BCUT2D eigenvalue weighted by Crippen LogP contribution is 2.11. The number of esters is 2. The Balaban J connectivity index is 2.48. The summed E-state index contributed by atoms with van der Waals surface area (Å²) < 4.78 is 11.8. The van der Waals surface area contributed by atoms with E-state index < -0.39 is 11.9 Å². The molecular weight excluding hydrogens is 272 g/mol. The van der Waals surface area contributed by atoms with Crippen LogP contribution in [0.15, 0.2) is 30.4 Å². The second-order valence-corrected chi connectivity index (χ2v) is 4.40. The fourth-order valence-electron chi connectivity index (χ4n) is 1.81. The number of carbonyl (C=O) groups is 2. The van der Waals surface area contributed by atoms with Crippen LogP contribution in [-0.2, 0) is 25.6 Å². The molecule has 0 amide bonds. The largest absolute Gasteiger partial charge is 0.463 e. The average Bonchev–Trinajstić information content (AvgIpc) is 2.96. The molecule has 1 aromatic heterocycles. The summed E-state index contributed by atoms with van der Waals surface area (Å²) in [5.41, 5.74) is 0.362. The topological polar surface area (TPSA) is 70.4 Å². The number of rotatable bonds is 9. The highest BCUT2D eigenvalue weighted by molar-refractivity contribution is 5.96. The van der Waals surface area contributed by atoms with Gasteiger partial charge in [0.1, 0.15) is 0 Å². The molecule has 6 heteroatoms. The Morgan fingerprint density at radius 3 is 2.57 bits per heavy atom. The van der Waals surface area contributed by atoms with E-state index in [4.69, 9.17) is 9.47 Å². The van der Waals surface area contributed by atoms with Gasteiger partial charge in [-0.15, -0.1) is 0 Å². The highest BCUT2D eigenvalue weighted by atomic mass is 16.5. The van der Waals surface area contributed by atoms with E-state index in [1.54, 1.807) is 26.4 Å². The lowest BCUT2D eigenvalue weighted by Gasteiger charge is -2.07. The van der Waals surface area contributed by atoms with Crippen molar-refractivity contribution in [2.75, 3.05) is 13.2 Å². The van der Waals surface area contributed by atoms with Gasteiger partial charge in [-0.1, -0.05) is 0 Å². The maximum Gasteiger partial charge on any atom is 0.334 e. The Morgan fingerprint density at radius 2 is 1.95 bits per heavy atom. The minimum Gasteiger partial charge on any atom is -0.463 e. The summed E-state index contributed by atoms with van der Waals surface area (Å²) in [5.74, 6) is -0.955. The Labute approximate surface area is 124 Å². The van der Waals surface area contributed by atoms with Gasteiger partial charge in [0, 0.05) is 30.6 Å². The summed E-state index contributed by atoms with van der Waals surface area (Å²) in [6.45, 7) is 4.86. The lowest BCUT2D eigenvalue weighted by Crippen LogP contribution is -2.11. The zero-order valence-electron chi connectivity index (χ0n) is 12.6. The SMILES string of the molecule is CCOC(=O)C=C(CCCCn1ccnc1)C(=O)OCC. The first kappa shape index (κ1) is 16.9. The van der Waals surface area contributed by atoms with Gasteiger partial charge < -0.3 is 14.0 Å². The molecule has 0 N–H and O–H groups in total. The van der Waals surface area contributed by atoms with Crippen LogP contribution in [0.4, 0.5) is 0 Å². The van der Waals surface area contributed by atoms with Crippen LogP contribution in [0.2, 0.25) is 0 Å². The number of carbonyl (C=O) groups excluding carboxylic acids is 2. The third kappa shape index (κ3) is 6.74. The summed E-state index contributed by atoms with van der Waals surface area (Å²) in [5, 5.41) is 0. The van der Waals surface area contributed by atoms with Crippen molar-refractivity contribution in [2.45, 2.75) is 39.7 Å². The molecule has 1 aromatic rings. The molecule has 0 radical (unpaired) electrons. The Kier molecular flexibility index (Phi) is 7.86. The molecule has 0 aliphatic heterocycles. The molecule has 0 fully saturated rings. The van der Waals surface area contributed by atoms with Gasteiger partial charge in [0.2, 0.25) is 0 Å². The van der Waals surface area contributed by atoms with Crippen molar-refractivity contribution < 1.29 is 19.1 Å².